The maximum atomic E-state index is 13.0. The molecule has 1 aromatic rings. The summed E-state index contributed by atoms with van der Waals surface area (Å²) in [5, 5.41) is 0. The summed E-state index contributed by atoms with van der Waals surface area (Å²) in [6, 6.07) is 3.20. The van der Waals surface area contributed by atoms with Crippen LogP contribution in [0, 0.1) is 5.82 Å². The number of hydrogen-bond donors (Lipinski definition) is 1. The Kier molecular flexibility index (Phi) is 3.47. The summed E-state index contributed by atoms with van der Waals surface area (Å²) >= 11 is 0. The summed E-state index contributed by atoms with van der Waals surface area (Å²) in [7, 11) is 0. The fourth-order valence-electron chi connectivity index (χ4n) is 1.17. The van der Waals surface area contributed by atoms with Crippen LogP contribution in [0.1, 0.15) is 11.1 Å². The van der Waals surface area contributed by atoms with E-state index in [1.165, 1.54) is 18.2 Å². The number of hydrogen-bond acceptors (Lipinski definition) is 1. The molecule has 0 saturated heterocycles. The number of alkyl halides is 3. The van der Waals surface area contributed by atoms with Gasteiger partial charge in [-0.2, -0.15) is 13.2 Å². The van der Waals surface area contributed by atoms with E-state index in [-0.39, 0.29) is 12.1 Å². The van der Waals surface area contributed by atoms with E-state index in [1.807, 2.05) is 0 Å². The lowest BCUT2D eigenvalue weighted by Crippen LogP contribution is -2.10. The Bertz CT molecular complexity index is 368. The van der Waals surface area contributed by atoms with Gasteiger partial charge in [0.25, 0.3) is 0 Å². The number of halogens is 4. The van der Waals surface area contributed by atoms with Crippen LogP contribution in [0.25, 0.3) is 6.08 Å². The first kappa shape index (κ1) is 11.7. The zero-order valence-corrected chi connectivity index (χ0v) is 7.68. The Morgan fingerprint density at radius 2 is 1.93 bits per heavy atom. The zero-order chi connectivity index (χ0) is 11.5. The summed E-state index contributed by atoms with van der Waals surface area (Å²) < 4.78 is 50.3. The van der Waals surface area contributed by atoms with Gasteiger partial charge in [0.05, 0.1) is 5.56 Å². The van der Waals surface area contributed by atoms with Crippen LogP contribution in [0.3, 0.4) is 0 Å². The van der Waals surface area contributed by atoms with Crippen molar-refractivity contribution in [1.82, 2.24) is 0 Å². The molecule has 0 aliphatic rings. The number of nitrogens with two attached hydrogens (primary N) is 1. The SMILES string of the molecule is NCC=Cc1cccc(F)c1C(F)(F)F. The first-order valence-electron chi connectivity index (χ1n) is 4.19. The molecule has 0 saturated carbocycles. The molecule has 0 aromatic heterocycles. The van der Waals surface area contributed by atoms with Crippen molar-refractivity contribution in [2.24, 2.45) is 5.73 Å². The van der Waals surface area contributed by atoms with Gasteiger partial charge >= 0.3 is 6.18 Å². The minimum Gasteiger partial charge on any atom is -0.327 e. The van der Waals surface area contributed by atoms with Crippen LogP contribution in [-0.2, 0) is 6.18 Å². The van der Waals surface area contributed by atoms with Gasteiger partial charge in [-0.15, -0.1) is 0 Å². The van der Waals surface area contributed by atoms with Gasteiger partial charge in [-0.1, -0.05) is 24.3 Å². The van der Waals surface area contributed by atoms with E-state index in [0.717, 1.165) is 12.1 Å². The van der Waals surface area contributed by atoms with E-state index in [2.05, 4.69) is 0 Å². The van der Waals surface area contributed by atoms with E-state index >= 15 is 0 Å². The summed E-state index contributed by atoms with van der Waals surface area (Å²) in [5.74, 6) is -1.28. The molecule has 0 aliphatic heterocycles. The molecule has 1 aromatic carbocycles. The minimum absolute atomic E-state index is 0.105. The first-order chi connectivity index (χ1) is 6.96. The maximum Gasteiger partial charge on any atom is 0.419 e. The van der Waals surface area contributed by atoms with E-state index in [0.29, 0.717) is 0 Å². The van der Waals surface area contributed by atoms with Crippen LogP contribution < -0.4 is 5.73 Å². The van der Waals surface area contributed by atoms with Crippen LogP contribution in [0.15, 0.2) is 24.3 Å². The highest BCUT2D eigenvalue weighted by atomic mass is 19.4. The largest absolute Gasteiger partial charge is 0.419 e. The van der Waals surface area contributed by atoms with Crippen LogP contribution in [0.5, 0.6) is 0 Å². The summed E-state index contributed by atoms with van der Waals surface area (Å²) in [5.41, 5.74) is 3.64. The predicted octanol–water partition coefficient (Wildman–Crippen LogP) is 2.82. The van der Waals surface area contributed by atoms with Crippen molar-refractivity contribution < 1.29 is 17.6 Å². The third kappa shape index (κ3) is 2.79. The van der Waals surface area contributed by atoms with Gasteiger partial charge in [-0.05, 0) is 11.6 Å². The summed E-state index contributed by atoms with van der Waals surface area (Å²) in [6.07, 6.45) is -2.20. The topological polar surface area (TPSA) is 26.0 Å². The van der Waals surface area contributed by atoms with E-state index in [1.54, 1.807) is 0 Å². The summed E-state index contributed by atoms with van der Waals surface area (Å²) in [6.45, 7) is 0.105. The Morgan fingerprint density at radius 1 is 1.27 bits per heavy atom. The number of rotatable bonds is 2. The van der Waals surface area contributed by atoms with Crippen molar-refractivity contribution in [3.8, 4) is 0 Å². The van der Waals surface area contributed by atoms with Gasteiger partial charge in [-0.3, -0.25) is 0 Å². The van der Waals surface area contributed by atoms with Crippen LogP contribution in [0.4, 0.5) is 17.6 Å². The van der Waals surface area contributed by atoms with Crippen molar-refractivity contribution >= 4 is 6.08 Å². The third-order valence-corrected chi connectivity index (χ3v) is 1.76. The average Bonchev–Trinajstić information content (AvgIpc) is 2.12. The standard InChI is InChI=1S/C10H9F4N/c11-8-5-1-3-7(4-2-6-15)9(8)10(12,13)14/h1-5H,6,15H2. The van der Waals surface area contributed by atoms with Crippen LogP contribution in [-0.4, -0.2) is 6.54 Å². The monoisotopic (exact) mass is 219 g/mol. The predicted molar refractivity (Wildman–Crippen MR) is 49.5 cm³/mol. The second kappa shape index (κ2) is 4.44. The highest BCUT2D eigenvalue weighted by Gasteiger charge is 2.35. The fourth-order valence-corrected chi connectivity index (χ4v) is 1.17. The molecule has 5 heteroatoms. The minimum atomic E-state index is -4.69. The molecule has 1 nitrogen and oxygen atoms in total. The van der Waals surface area contributed by atoms with Crippen LogP contribution >= 0.6 is 0 Å². The van der Waals surface area contributed by atoms with Crippen molar-refractivity contribution in [3.05, 3.63) is 41.2 Å². The van der Waals surface area contributed by atoms with Crippen molar-refractivity contribution in [3.63, 3.8) is 0 Å². The summed E-state index contributed by atoms with van der Waals surface area (Å²) in [4.78, 5) is 0. The second-order valence-electron chi connectivity index (χ2n) is 2.84. The molecule has 0 atom stereocenters. The molecule has 0 fully saturated rings. The lowest BCUT2D eigenvalue weighted by atomic mass is 10.1. The highest BCUT2D eigenvalue weighted by Crippen LogP contribution is 2.34. The number of benzene rings is 1. The van der Waals surface area contributed by atoms with Crippen LogP contribution in [0.2, 0.25) is 0 Å². The van der Waals surface area contributed by atoms with Gasteiger partial charge in [-0.25, -0.2) is 4.39 Å². The van der Waals surface area contributed by atoms with Gasteiger partial charge in [0.1, 0.15) is 5.82 Å². The second-order valence-corrected chi connectivity index (χ2v) is 2.84. The fraction of sp³-hybridized carbons (Fsp3) is 0.200. The molecule has 2 N–H and O–H groups in total. The maximum absolute atomic E-state index is 13.0. The first-order valence-corrected chi connectivity index (χ1v) is 4.19. The molecule has 0 amide bonds. The lowest BCUT2D eigenvalue weighted by Gasteiger charge is -2.10. The Balaban J connectivity index is 3.27. The van der Waals surface area contributed by atoms with Crippen molar-refractivity contribution in [1.29, 1.82) is 0 Å². The molecule has 1 rings (SSSR count). The normalized spacial score (nSPS) is 12.3. The molecule has 0 bridgehead atoms. The van der Waals surface area contributed by atoms with Gasteiger partial charge < -0.3 is 5.73 Å². The van der Waals surface area contributed by atoms with Crippen molar-refractivity contribution in [2.75, 3.05) is 6.54 Å². The smallest absolute Gasteiger partial charge is 0.327 e. The molecule has 0 spiro atoms. The molecule has 15 heavy (non-hydrogen) atoms. The van der Waals surface area contributed by atoms with Gasteiger partial charge in [0.2, 0.25) is 0 Å². The Hall–Kier alpha value is -1.36. The molecule has 0 radical (unpaired) electrons. The molecule has 0 heterocycles. The molecule has 0 aliphatic carbocycles. The van der Waals surface area contributed by atoms with E-state index < -0.39 is 17.6 Å². The van der Waals surface area contributed by atoms with Crippen molar-refractivity contribution in [2.45, 2.75) is 6.18 Å². The third-order valence-electron chi connectivity index (χ3n) is 1.76. The molecular formula is C10H9F4N. The van der Waals surface area contributed by atoms with Gasteiger partial charge in [0.15, 0.2) is 0 Å². The van der Waals surface area contributed by atoms with E-state index in [4.69, 9.17) is 5.73 Å². The quantitative estimate of drug-likeness (QED) is 0.760. The Labute approximate surface area is 84.2 Å². The molecular weight excluding hydrogens is 210 g/mol. The lowest BCUT2D eigenvalue weighted by molar-refractivity contribution is -0.140. The molecule has 0 unspecified atom stereocenters. The zero-order valence-electron chi connectivity index (χ0n) is 7.68. The highest BCUT2D eigenvalue weighted by molar-refractivity contribution is 5.55. The van der Waals surface area contributed by atoms with Gasteiger partial charge in [0, 0.05) is 6.54 Å². The Morgan fingerprint density at radius 3 is 2.47 bits per heavy atom. The van der Waals surface area contributed by atoms with E-state index in [9.17, 15) is 17.6 Å². The average molecular weight is 219 g/mol. The molecule has 82 valence electrons.